The normalized spacial score (nSPS) is 12.9. The van der Waals surface area contributed by atoms with Gasteiger partial charge in [-0.15, -0.1) is 4.99 Å². The molecule has 34 heavy (non-hydrogen) atoms. The van der Waals surface area contributed by atoms with E-state index in [-0.39, 0.29) is 28.9 Å². The molecule has 1 amide bonds. The molecule has 0 unspecified atom stereocenters. The summed E-state index contributed by atoms with van der Waals surface area (Å²) in [4.78, 5) is 29.6. The average molecular weight is 472 g/mol. The van der Waals surface area contributed by atoms with E-state index in [4.69, 9.17) is 4.74 Å². The fourth-order valence-corrected chi connectivity index (χ4v) is 3.99. The van der Waals surface area contributed by atoms with Crippen LogP contribution in [-0.4, -0.2) is 33.2 Å². The molecular formula is C27H41N3O4. The van der Waals surface area contributed by atoms with Gasteiger partial charge in [-0.1, -0.05) is 68.2 Å². The van der Waals surface area contributed by atoms with Crippen molar-refractivity contribution in [2.24, 2.45) is 10.9 Å². The van der Waals surface area contributed by atoms with Gasteiger partial charge in [-0.25, -0.2) is 4.79 Å². The molecule has 1 aromatic carbocycles. The van der Waals surface area contributed by atoms with E-state index in [1.807, 2.05) is 52.3 Å². The highest BCUT2D eigenvalue weighted by atomic mass is 16.5. The number of hydrogen-bond acceptors (Lipinski definition) is 4. The van der Waals surface area contributed by atoms with E-state index < -0.39 is 6.09 Å². The number of carbonyl (C=O) groups is 2. The summed E-state index contributed by atoms with van der Waals surface area (Å²) in [6.45, 7) is 17.1. The topological polar surface area (TPSA) is 85.8 Å². The Balaban J connectivity index is 2.56. The number of phenols is 1. The zero-order valence-corrected chi connectivity index (χ0v) is 22.2. The minimum atomic E-state index is -0.708. The van der Waals surface area contributed by atoms with E-state index in [2.05, 4.69) is 18.8 Å². The van der Waals surface area contributed by atoms with Gasteiger partial charge in [0.25, 0.3) is 0 Å². The number of carbonyl (C=O) groups excluding carboxylic acids is 2. The van der Waals surface area contributed by atoms with Gasteiger partial charge in [0.1, 0.15) is 5.75 Å². The van der Waals surface area contributed by atoms with Gasteiger partial charge in [-0.05, 0) is 28.9 Å². The summed E-state index contributed by atoms with van der Waals surface area (Å²) in [6, 6.07) is 3.57. The highest BCUT2D eigenvalue weighted by molar-refractivity contribution is 5.96. The van der Waals surface area contributed by atoms with Gasteiger partial charge in [-0.3, -0.25) is 4.79 Å². The number of aromatic nitrogens is 2. The van der Waals surface area contributed by atoms with Gasteiger partial charge in [0, 0.05) is 35.6 Å². The molecule has 0 fully saturated rings. The fraction of sp³-hybridized carbons (Fsp3) is 0.593. The molecule has 0 radical (unpaired) electrons. The van der Waals surface area contributed by atoms with E-state index in [9.17, 15) is 14.7 Å². The molecule has 1 N–H and O–H groups in total. The standard InChI is InChI=1S/C27H41N3O4/c1-10-18(11-2)16-29-12-13-30(24(29)28-25(33)34-9)17-22(31)19-14-20(26(3,4)5)23(32)21(15-19)27(6,7)8/h12-15,18,32H,10-11,16-17H2,1-9H3/b28-24-. The Kier molecular flexibility index (Phi) is 8.56. The maximum absolute atomic E-state index is 13.5. The zero-order valence-electron chi connectivity index (χ0n) is 22.2. The Morgan fingerprint density at radius 1 is 0.971 bits per heavy atom. The summed E-state index contributed by atoms with van der Waals surface area (Å²) in [7, 11) is 1.29. The first-order valence-electron chi connectivity index (χ1n) is 12.0. The molecule has 0 saturated heterocycles. The van der Waals surface area contributed by atoms with Crippen molar-refractivity contribution in [3.8, 4) is 5.75 Å². The third-order valence-corrected chi connectivity index (χ3v) is 6.28. The molecule has 0 aliphatic rings. The largest absolute Gasteiger partial charge is 0.507 e. The van der Waals surface area contributed by atoms with Gasteiger partial charge < -0.3 is 19.0 Å². The smallest absolute Gasteiger partial charge is 0.436 e. The summed E-state index contributed by atoms with van der Waals surface area (Å²) in [5, 5.41) is 11.0. The number of aromatic hydroxyl groups is 1. The number of amides is 1. The van der Waals surface area contributed by atoms with Crippen LogP contribution in [0.4, 0.5) is 4.79 Å². The number of Topliss-reactive ketones (excluding diaryl/α,β-unsaturated/α-hetero) is 1. The third-order valence-electron chi connectivity index (χ3n) is 6.28. The van der Waals surface area contributed by atoms with Crippen molar-refractivity contribution in [1.29, 1.82) is 0 Å². The number of benzene rings is 1. The maximum atomic E-state index is 13.5. The van der Waals surface area contributed by atoms with E-state index in [0.717, 1.165) is 24.0 Å². The van der Waals surface area contributed by atoms with Crippen molar-refractivity contribution in [3.63, 3.8) is 0 Å². The van der Waals surface area contributed by atoms with Crippen LogP contribution in [0.1, 0.15) is 89.7 Å². The minimum Gasteiger partial charge on any atom is -0.507 e. The molecule has 0 spiro atoms. The molecule has 1 aromatic heterocycles. The molecule has 0 aliphatic heterocycles. The second-order valence-corrected chi connectivity index (χ2v) is 11.0. The van der Waals surface area contributed by atoms with Crippen LogP contribution in [0.5, 0.6) is 5.75 Å². The van der Waals surface area contributed by atoms with Gasteiger partial charge in [-0.2, -0.15) is 0 Å². The number of imidazole rings is 1. The summed E-state index contributed by atoms with van der Waals surface area (Å²) >= 11 is 0. The molecule has 1 heterocycles. The van der Waals surface area contributed by atoms with E-state index >= 15 is 0 Å². The lowest BCUT2D eigenvalue weighted by molar-refractivity contribution is 0.0969. The van der Waals surface area contributed by atoms with Crippen molar-refractivity contribution in [3.05, 3.63) is 46.8 Å². The van der Waals surface area contributed by atoms with Crippen LogP contribution in [0.25, 0.3) is 0 Å². The predicted octanol–water partition coefficient (Wildman–Crippen LogP) is 5.58. The van der Waals surface area contributed by atoms with Gasteiger partial charge >= 0.3 is 6.09 Å². The van der Waals surface area contributed by atoms with Gasteiger partial charge in [0.15, 0.2) is 5.78 Å². The number of nitrogens with zero attached hydrogens (tertiary/aromatic N) is 3. The SMILES string of the molecule is CCC(CC)Cn1ccn(CC(=O)c2cc(C(C)(C)C)c(O)c(C(C)(C)C)c2)/c1=N\C(=O)OC. The van der Waals surface area contributed by atoms with Crippen LogP contribution in [-0.2, 0) is 28.7 Å². The summed E-state index contributed by atoms with van der Waals surface area (Å²) in [6.07, 6.45) is 4.93. The zero-order chi connectivity index (χ0) is 25.8. The Morgan fingerprint density at radius 2 is 1.47 bits per heavy atom. The van der Waals surface area contributed by atoms with Crippen LogP contribution in [0.2, 0.25) is 0 Å². The number of phenolic OH excluding ortho intramolecular Hbond substituents is 1. The fourth-order valence-electron chi connectivity index (χ4n) is 3.99. The monoisotopic (exact) mass is 471 g/mol. The van der Waals surface area contributed by atoms with Crippen molar-refractivity contribution >= 4 is 11.9 Å². The molecular weight excluding hydrogens is 430 g/mol. The molecule has 7 nitrogen and oxygen atoms in total. The molecule has 0 bridgehead atoms. The predicted molar refractivity (Wildman–Crippen MR) is 134 cm³/mol. The molecule has 2 aromatic rings. The van der Waals surface area contributed by atoms with Crippen molar-refractivity contribution in [2.45, 2.75) is 92.2 Å². The lowest BCUT2D eigenvalue weighted by Crippen LogP contribution is -2.31. The lowest BCUT2D eigenvalue weighted by atomic mass is 9.78. The first-order chi connectivity index (χ1) is 15.7. The molecule has 0 saturated carbocycles. The Bertz CT molecular complexity index is 1060. The first-order valence-corrected chi connectivity index (χ1v) is 12.0. The third kappa shape index (κ3) is 6.39. The van der Waals surface area contributed by atoms with Crippen molar-refractivity contribution in [2.75, 3.05) is 7.11 Å². The number of ketones is 1. The van der Waals surface area contributed by atoms with Gasteiger partial charge in [0.05, 0.1) is 13.7 Å². The van der Waals surface area contributed by atoms with Crippen molar-refractivity contribution < 1.29 is 19.4 Å². The molecule has 188 valence electrons. The molecule has 2 rings (SSSR count). The second-order valence-electron chi connectivity index (χ2n) is 11.0. The maximum Gasteiger partial charge on any atom is 0.436 e. The average Bonchev–Trinajstić information content (AvgIpc) is 3.10. The molecule has 0 aliphatic carbocycles. The molecule has 7 heteroatoms. The van der Waals surface area contributed by atoms with Crippen LogP contribution >= 0.6 is 0 Å². The van der Waals surface area contributed by atoms with Crippen LogP contribution in [0, 0.1) is 5.92 Å². The first kappa shape index (κ1) is 27.4. The van der Waals surface area contributed by atoms with Crippen LogP contribution in [0.15, 0.2) is 29.5 Å². The quantitative estimate of drug-likeness (QED) is 0.535. The van der Waals surface area contributed by atoms with E-state index in [1.165, 1.54) is 7.11 Å². The number of hydrogen-bond donors (Lipinski definition) is 1. The highest BCUT2D eigenvalue weighted by Crippen LogP contribution is 2.39. The summed E-state index contributed by atoms with van der Waals surface area (Å²) in [5.41, 5.74) is 1.71. The molecule has 0 atom stereocenters. The van der Waals surface area contributed by atoms with Crippen LogP contribution in [0.3, 0.4) is 0 Å². The Hall–Kier alpha value is -2.83. The number of ether oxygens (including phenoxy) is 1. The minimum absolute atomic E-state index is 0.0175. The lowest BCUT2D eigenvalue weighted by Gasteiger charge is -2.28. The van der Waals surface area contributed by atoms with E-state index in [0.29, 0.717) is 23.6 Å². The number of rotatable bonds is 7. The highest BCUT2D eigenvalue weighted by Gasteiger charge is 2.28. The van der Waals surface area contributed by atoms with Crippen LogP contribution < -0.4 is 5.62 Å². The Morgan fingerprint density at radius 3 is 1.91 bits per heavy atom. The summed E-state index contributed by atoms with van der Waals surface area (Å²) in [5.74, 6) is 0.549. The van der Waals surface area contributed by atoms with Gasteiger partial charge in [0.2, 0.25) is 5.62 Å². The summed E-state index contributed by atoms with van der Waals surface area (Å²) < 4.78 is 8.34. The van der Waals surface area contributed by atoms with Crippen molar-refractivity contribution in [1.82, 2.24) is 9.13 Å². The Labute approximate surface area is 203 Å². The number of methoxy groups -OCH3 is 1. The van der Waals surface area contributed by atoms with E-state index in [1.54, 1.807) is 22.9 Å². The second kappa shape index (κ2) is 10.6.